The summed E-state index contributed by atoms with van der Waals surface area (Å²) in [7, 11) is 1.62. The molecule has 0 unspecified atom stereocenters. The highest BCUT2D eigenvalue weighted by Crippen LogP contribution is 2.39. The number of amides is 2. The first-order valence-corrected chi connectivity index (χ1v) is 11.1. The van der Waals surface area contributed by atoms with Crippen LogP contribution in [0.3, 0.4) is 0 Å². The minimum atomic E-state index is -0.354. The number of aromatic nitrogens is 1. The Kier molecular flexibility index (Phi) is 5.46. The fraction of sp³-hybridized carbons (Fsp3) is 0.192. The van der Waals surface area contributed by atoms with Gasteiger partial charge in [-0.05, 0) is 72.5 Å². The number of rotatable bonds is 3. The second-order valence-electron chi connectivity index (χ2n) is 8.22. The molecule has 0 fully saturated rings. The van der Waals surface area contributed by atoms with Crippen molar-refractivity contribution in [3.05, 3.63) is 93.9 Å². The van der Waals surface area contributed by atoms with E-state index in [-0.39, 0.29) is 17.9 Å². The number of ether oxygens (including phenoxy) is 1. The average molecular weight is 464 g/mol. The topological polar surface area (TPSA) is 57.4 Å². The lowest BCUT2D eigenvalue weighted by atomic mass is 9.92. The van der Waals surface area contributed by atoms with Crippen LogP contribution < -0.4 is 10.1 Å². The highest BCUT2D eigenvalue weighted by molar-refractivity contribution is 6.31. The minimum Gasteiger partial charge on any atom is -0.497 e. The van der Waals surface area contributed by atoms with Crippen LogP contribution in [0.1, 0.15) is 28.4 Å². The third-order valence-electron chi connectivity index (χ3n) is 6.20. The van der Waals surface area contributed by atoms with Crippen molar-refractivity contribution >= 4 is 34.2 Å². The van der Waals surface area contributed by atoms with Gasteiger partial charge in [0.25, 0.3) is 0 Å². The van der Waals surface area contributed by atoms with Gasteiger partial charge < -0.3 is 19.9 Å². The molecule has 168 valence electrons. The van der Waals surface area contributed by atoms with Crippen molar-refractivity contribution < 1.29 is 13.9 Å². The predicted molar refractivity (Wildman–Crippen MR) is 129 cm³/mol. The molecule has 0 saturated heterocycles. The molecule has 3 aromatic carbocycles. The number of benzene rings is 3. The Hall–Kier alpha value is -3.51. The Morgan fingerprint density at radius 3 is 2.67 bits per heavy atom. The van der Waals surface area contributed by atoms with Gasteiger partial charge in [-0.3, -0.25) is 0 Å². The number of carbonyl (C=O) groups is 1. The molecule has 0 spiro atoms. The first-order chi connectivity index (χ1) is 15.9. The van der Waals surface area contributed by atoms with Gasteiger partial charge in [-0.2, -0.15) is 0 Å². The molecule has 1 aliphatic rings. The molecule has 33 heavy (non-hydrogen) atoms. The van der Waals surface area contributed by atoms with Crippen molar-refractivity contribution in [2.75, 3.05) is 19.0 Å². The quantitative estimate of drug-likeness (QED) is 0.366. The Labute approximate surface area is 196 Å². The molecule has 1 atom stereocenters. The van der Waals surface area contributed by atoms with E-state index in [9.17, 15) is 9.18 Å². The van der Waals surface area contributed by atoms with Gasteiger partial charge in [0.1, 0.15) is 11.6 Å². The highest BCUT2D eigenvalue weighted by atomic mass is 35.5. The van der Waals surface area contributed by atoms with Crippen molar-refractivity contribution in [1.29, 1.82) is 0 Å². The van der Waals surface area contributed by atoms with E-state index in [0.29, 0.717) is 29.2 Å². The predicted octanol–water partition coefficient (Wildman–Crippen LogP) is 6.46. The van der Waals surface area contributed by atoms with E-state index in [2.05, 4.69) is 10.3 Å². The average Bonchev–Trinajstić information content (AvgIpc) is 3.18. The first kappa shape index (κ1) is 21.3. The van der Waals surface area contributed by atoms with Crippen LogP contribution in [0.2, 0.25) is 5.02 Å². The normalized spacial score (nSPS) is 15.4. The van der Waals surface area contributed by atoms with Crippen molar-refractivity contribution in [2.24, 2.45) is 0 Å². The summed E-state index contributed by atoms with van der Waals surface area (Å²) < 4.78 is 19.4. The van der Waals surface area contributed by atoms with E-state index in [1.807, 2.05) is 42.5 Å². The molecule has 0 bridgehead atoms. The lowest BCUT2D eigenvalue weighted by Crippen LogP contribution is -2.43. The molecule has 5 nitrogen and oxygen atoms in total. The fourth-order valence-electron chi connectivity index (χ4n) is 4.48. The van der Waals surface area contributed by atoms with Crippen LogP contribution in [0.15, 0.2) is 60.7 Å². The number of urea groups is 1. The maximum absolute atomic E-state index is 14.0. The van der Waals surface area contributed by atoms with Gasteiger partial charge in [0.2, 0.25) is 0 Å². The number of aromatic amines is 1. The summed E-state index contributed by atoms with van der Waals surface area (Å²) in [5.74, 6) is 0.386. The maximum Gasteiger partial charge on any atom is 0.322 e. The Morgan fingerprint density at radius 1 is 1.15 bits per heavy atom. The Balaban J connectivity index is 1.57. The van der Waals surface area contributed by atoms with Gasteiger partial charge in [0, 0.05) is 33.9 Å². The molecule has 7 heteroatoms. The largest absolute Gasteiger partial charge is 0.497 e. The summed E-state index contributed by atoms with van der Waals surface area (Å²) in [5.41, 5.74) is 4.98. The zero-order valence-electron chi connectivity index (χ0n) is 18.3. The first-order valence-electron chi connectivity index (χ1n) is 10.7. The molecule has 0 radical (unpaired) electrons. The zero-order valence-corrected chi connectivity index (χ0v) is 19.0. The standard InChI is InChI=1S/C26H23ClFN3O2/c1-15-3-7-18(14-22(15)28)29-26(32)31-12-11-20-21-13-17(27)6-10-23(21)30-24(20)25(31)16-4-8-19(33-2)9-5-16/h3-10,13-14,25,30H,11-12H2,1-2H3,(H,29,32)/t25-/m0/s1. The van der Waals surface area contributed by atoms with Gasteiger partial charge in [-0.1, -0.05) is 29.8 Å². The molecule has 4 aromatic rings. The Morgan fingerprint density at radius 2 is 1.94 bits per heavy atom. The molecule has 1 aromatic heterocycles. The molecule has 5 rings (SSSR count). The lowest BCUT2D eigenvalue weighted by Gasteiger charge is -2.36. The number of H-pyrrole nitrogens is 1. The third kappa shape index (κ3) is 3.91. The van der Waals surface area contributed by atoms with Crippen LogP contribution in [-0.4, -0.2) is 29.6 Å². The molecule has 0 aliphatic carbocycles. The zero-order chi connectivity index (χ0) is 23.1. The van der Waals surface area contributed by atoms with Crippen LogP contribution in [0, 0.1) is 12.7 Å². The number of fused-ring (bicyclic) bond motifs is 3. The van der Waals surface area contributed by atoms with Crippen LogP contribution in [0.25, 0.3) is 10.9 Å². The van der Waals surface area contributed by atoms with Crippen LogP contribution in [0.4, 0.5) is 14.9 Å². The fourth-order valence-corrected chi connectivity index (χ4v) is 4.65. The molecule has 0 saturated carbocycles. The van der Waals surface area contributed by atoms with Crippen molar-refractivity contribution in [3.8, 4) is 5.75 Å². The molecule has 1 aliphatic heterocycles. The van der Waals surface area contributed by atoms with E-state index in [1.54, 1.807) is 31.1 Å². The lowest BCUT2D eigenvalue weighted by molar-refractivity contribution is 0.193. The third-order valence-corrected chi connectivity index (χ3v) is 6.44. The number of nitrogens with zero attached hydrogens (tertiary/aromatic N) is 1. The van der Waals surface area contributed by atoms with E-state index < -0.39 is 0 Å². The Bertz CT molecular complexity index is 1350. The van der Waals surface area contributed by atoms with E-state index in [0.717, 1.165) is 33.5 Å². The van der Waals surface area contributed by atoms with Crippen molar-refractivity contribution in [3.63, 3.8) is 0 Å². The molecular formula is C26H23ClFN3O2. The number of methoxy groups -OCH3 is 1. The molecular weight excluding hydrogens is 441 g/mol. The van der Waals surface area contributed by atoms with Gasteiger partial charge in [0.05, 0.1) is 13.2 Å². The molecule has 2 heterocycles. The smallest absolute Gasteiger partial charge is 0.322 e. The SMILES string of the molecule is COc1ccc([C@H]2c3[nH]c4ccc(Cl)cc4c3CCN2C(=O)Nc2ccc(C)c(F)c2)cc1. The van der Waals surface area contributed by atoms with Gasteiger partial charge in [0.15, 0.2) is 0 Å². The summed E-state index contributed by atoms with van der Waals surface area (Å²) in [6, 6.07) is 17.5. The minimum absolute atomic E-state index is 0.290. The van der Waals surface area contributed by atoms with Crippen molar-refractivity contribution in [2.45, 2.75) is 19.4 Å². The van der Waals surface area contributed by atoms with E-state index >= 15 is 0 Å². The maximum atomic E-state index is 14.0. The molecule has 2 amide bonds. The number of hydrogen-bond donors (Lipinski definition) is 2. The van der Waals surface area contributed by atoms with Crippen LogP contribution in [0.5, 0.6) is 5.75 Å². The summed E-state index contributed by atoms with van der Waals surface area (Å²) >= 11 is 6.27. The van der Waals surface area contributed by atoms with Crippen molar-refractivity contribution in [1.82, 2.24) is 9.88 Å². The highest BCUT2D eigenvalue weighted by Gasteiger charge is 2.34. The number of nitrogens with one attached hydrogen (secondary N) is 2. The monoisotopic (exact) mass is 463 g/mol. The summed E-state index contributed by atoms with van der Waals surface area (Å²) in [5, 5.41) is 4.60. The van der Waals surface area contributed by atoms with Crippen LogP contribution in [-0.2, 0) is 6.42 Å². The van der Waals surface area contributed by atoms with Gasteiger partial charge in [-0.25, -0.2) is 9.18 Å². The second kappa shape index (κ2) is 8.45. The number of halogens is 2. The van der Waals surface area contributed by atoms with E-state index in [4.69, 9.17) is 16.3 Å². The van der Waals surface area contributed by atoms with Gasteiger partial charge in [-0.15, -0.1) is 0 Å². The summed E-state index contributed by atoms with van der Waals surface area (Å²) in [6.07, 6.45) is 0.679. The number of hydrogen-bond acceptors (Lipinski definition) is 2. The van der Waals surface area contributed by atoms with Crippen LogP contribution >= 0.6 is 11.6 Å². The number of aryl methyl sites for hydroxylation is 1. The number of anilines is 1. The molecule has 2 N–H and O–H groups in total. The van der Waals surface area contributed by atoms with Gasteiger partial charge >= 0.3 is 6.03 Å². The van der Waals surface area contributed by atoms with E-state index in [1.165, 1.54) is 6.07 Å². The summed E-state index contributed by atoms with van der Waals surface area (Å²) in [6.45, 7) is 2.19. The summed E-state index contributed by atoms with van der Waals surface area (Å²) in [4.78, 5) is 18.7. The second-order valence-corrected chi connectivity index (χ2v) is 8.66. The number of carbonyl (C=O) groups excluding carboxylic acids is 1.